The Balaban J connectivity index is 2.89. The van der Waals surface area contributed by atoms with Crippen molar-refractivity contribution in [1.82, 2.24) is 0 Å². The lowest BCUT2D eigenvalue weighted by molar-refractivity contribution is 0.314. The van der Waals surface area contributed by atoms with E-state index in [4.69, 9.17) is 16.8 Å². The van der Waals surface area contributed by atoms with Crippen LogP contribution in [0.1, 0.15) is 25.7 Å². The van der Waals surface area contributed by atoms with E-state index in [2.05, 4.69) is 5.16 Å². The molecule has 0 amide bonds. The lowest BCUT2D eigenvalue weighted by Gasteiger charge is -2.21. The highest BCUT2D eigenvalue weighted by Crippen LogP contribution is 2.22. The van der Waals surface area contributed by atoms with Crippen LogP contribution in [0.3, 0.4) is 0 Å². The molecule has 1 aliphatic carbocycles. The van der Waals surface area contributed by atoms with Gasteiger partial charge in [0.2, 0.25) is 0 Å². The maximum atomic E-state index is 11.4. The highest BCUT2D eigenvalue weighted by Gasteiger charge is 2.32. The molecular formula is C7H12ClNO3S. The summed E-state index contributed by atoms with van der Waals surface area (Å²) in [6.45, 7) is 0. The first-order valence-electron chi connectivity index (χ1n) is 4.10. The molecule has 0 spiro atoms. The molecule has 4 nitrogen and oxygen atoms in total. The Morgan fingerprint density at radius 3 is 2.77 bits per heavy atom. The van der Waals surface area contributed by atoms with Gasteiger partial charge in [-0.05, 0) is 19.3 Å². The average Bonchev–Trinajstić information content (AvgIpc) is 2.18. The first-order chi connectivity index (χ1) is 6.11. The molecule has 0 bridgehead atoms. The summed E-state index contributed by atoms with van der Waals surface area (Å²) in [5, 5.41) is 10.6. The van der Waals surface area contributed by atoms with Gasteiger partial charge in [-0.15, -0.1) is 11.6 Å². The molecule has 0 unspecified atom stereocenters. The molecule has 0 saturated heterocycles. The molecule has 1 atom stereocenters. The van der Waals surface area contributed by atoms with Crippen LogP contribution in [0.25, 0.3) is 0 Å². The van der Waals surface area contributed by atoms with E-state index in [-0.39, 0.29) is 0 Å². The zero-order chi connectivity index (χ0) is 9.90. The van der Waals surface area contributed by atoms with Crippen LogP contribution in [0.2, 0.25) is 0 Å². The summed E-state index contributed by atoms with van der Waals surface area (Å²) in [5.41, 5.74) is 0.354. The van der Waals surface area contributed by atoms with Gasteiger partial charge in [-0.1, -0.05) is 11.6 Å². The van der Waals surface area contributed by atoms with Gasteiger partial charge < -0.3 is 5.21 Å². The third-order valence-electron chi connectivity index (χ3n) is 2.23. The number of hydrogen-bond acceptors (Lipinski definition) is 4. The normalized spacial score (nSPS) is 27.8. The molecule has 1 fully saturated rings. The van der Waals surface area contributed by atoms with Crippen LogP contribution < -0.4 is 0 Å². The van der Waals surface area contributed by atoms with E-state index in [1.165, 1.54) is 0 Å². The van der Waals surface area contributed by atoms with Gasteiger partial charge in [0.25, 0.3) is 0 Å². The summed E-state index contributed by atoms with van der Waals surface area (Å²) < 4.78 is 22.8. The second kappa shape index (κ2) is 4.28. The van der Waals surface area contributed by atoms with E-state index in [1.807, 2.05) is 0 Å². The summed E-state index contributed by atoms with van der Waals surface area (Å²) in [6.07, 6.45) is 2.80. The maximum Gasteiger partial charge on any atom is 0.172 e. The number of nitrogens with zero attached hydrogens (tertiary/aromatic N) is 1. The maximum absolute atomic E-state index is 11.4. The molecule has 0 aromatic rings. The van der Waals surface area contributed by atoms with E-state index in [0.717, 1.165) is 12.8 Å². The summed E-state index contributed by atoms with van der Waals surface area (Å²) in [6, 6.07) is 0. The molecule has 13 heavy (non-hydrogen) atoms. The van der Waals surface area contributed by atoms with Crippen LogP contribution in [-0.2, 0) is 9.84 Å². The molecule has 0 radical (unpaired) electrons. The fourth-order valence-electron chi connectivity index (χ4n) is 1.54. The van der Waals surface area contributed by atoms with Crippen LogP contribution in [-0.4, -0.2) is 29.8 Å². The standard InChI is InChI=1S/C7H12ClNO3S/c8-5-13(11,12)7-4-2-1-3-6(7)9-10/h7,10H,1-5H2/b9-6+/t7-/m1/s1. The number of oxime groups is 1. The zero-order valence-corrected chi connectivity index (χ0v) is 8.68. The number of alkyl halides is 1. The van der Waals surface area contributed by atoms with E-state index in [1.54, 1.807) is 0 Å². The Kier molecular flexibility index (Phi) is 3.55. The van der Waals surface area contributed by atoms with Crippen molar-refractivity contribution < 1.29 is 13.6 Å². The Morgan fingerprint density at radius 2 is 2.23 bits per heavy atom. The van der Waals surface area contributed by atoms with Crippen molar-refractivity contribution in [3.05, 3.63) is 0 Å². The van der Waals surface area contributed by atoms with Gasteiger partial charge in [-0.3, -0.25) is 0 Å². The molecule has 6 heteroatoms. The number of rotatable bonds is 2. The number of sulfone groups is 1. The fraction of sp³-hybridized carbons (Fsp3) is 0.857. The molecule has 1 rings (SSSR count). The van der Waals surface area contributed by atoms with Gasteiger partial charge in [0.05, 0.1) is 5.71 Å². The van der Waals surface area contributed by atoms with Gasteiger partial charge >= 0.3 is 0 Å². The summed E-state index contributed by atoms with van der Waals surface area (Å²) in [5.74, 6) is 0. The Morgan fingerprint density at radius 1 is 1.54 bits per heavy atom. The second-order valence-electron chi connectivity index (χ2n) is 3.10. The Hall–Kier alpha value is -0.290. The van der Waals surface area contributed by atoms with Gasteiger partial charge in [-0.2, -0.15) is 0 Å². The summed E-state index contributed by atoms with van der Waals surface area (Å²) in [7, 11) is -3.31. The zero-order valence-electron chi connectivity index (χ0n) is 7.11. The number of halogens is 1. The quantitative estimate of drug-likeness (QED) is 0.439. The minimum Gasteiger partial charge on any atom is -0.411 e. The summed E-state index contributed by atoms with van der Waals surface area (Å²) >= 11 is 5.32. The summed E-state index contributed by atoms with van der Waals surface area (Å²) in [4.78, 5) is 0. The molecule has 0 heterocycles. The van der Waals surface area contributed by atoms with E-state index < -0.39 is 20.3 Å². The van der Waals surface area contributed by atoms with Crippen LogP contribution in [0.4, 0.5) is 0 Å². The minimum atomic E-state index is -3.31. The van der Waals surface area contributed by atoms with Crippen molar-refractivity contribution in [1.29, 1.82) is 0 Å². The third-order valence-corrected chi connectivity index (χ3v) is 4.83. The van der Waals surface area contributed by atoms with Crippen LogP contribution in [0.5, 0.6) is 0 Å². The monoisotopic (exact) mass is 225 g/mol. The second-order valence-corrected chi connectivity index (χ2v) is 5.87. The first-order valence-corrected chi connectivity index (χ1v) is 6.35. The van der Waals surface area contributed by atoms with Crippen molar-refractivity contribution in [2.24, 2.45) is 5.16 Å². The smallest absolute Gasteiger partial charge is 0.172 e. The van der Waals surface area contributed by atoms with Gasteiger partial charge in [0, 0.05) is 0 Å². The van der Waals surface area contributed by atoms with Crippen molar-refractivity contribution in [3.8, 4) is 0 Å². The van der Waals surface area contributed by atoms with Gasteiger partial charge in [-0.25, -0.2) is 8.42 Å². The van der Waals surface area contributed by atoms with E-state index in [9.17, 15) is 8.42 Å². The minimum absolute atomic E-state index is 0.354. The molecular weight excluding hydrogens is 214 g/mol. The van der Waals surface area contributed by atoms with Crippen molar-refractivity contribution in [2.75, 3.05) is 5.21 Å². The van der Waals surface area contributed by atoms with E-state index in [0.29, 0.717) is 18.6 Å². The lowest BCUT2D eigenvalue weighted by Crippen LogP contribution is -2.33. The largest absolute Gasteiger partial charge is 0.411 e. The predicted octanol–water partition coefficient (Wildman–Crippen LogP) is 1.37. The SMILES string of the molecule is O=S(=O)(CCl)[C@@H]1CCCC/C1=N\O. The molecule has 0 aromatic heterocycles. The topological polar surface area (TPSA) is 66.7 Å². The molecule has 1 saturated carbocycles. The number of hydrogen-bond donors (Lipinski definition) is 1. The average molecular weight is 226 g/mol. The van der Waals surface area contributed by atoms with Gasteiger partial charge in [0.15, 0.2) is 9.84 Å². The van der Waals surface area contributed by atoms with Gasteiger partial charge in [0.1, 0.15) is 10.5 Å². The molecule has 76 valence electrons. The van der Waals surface area contributed by atoms with Crippen molar-refractivity contribution in [3.63, 3.8) is 0 Å². The Bertz CT molecular complexity index is 299. The third kappa shape index (κ3) is 2.34. The van der Waals surface area contributed by atoms with Crippen molar-refractivity contribution in [2.45, 2.75) is 30.9 Å². The van der Waals surface area contributed by atoms with Crippen LogP contribution in [0, 0.1) is 0 Å². The molecule has 0 aliphatic heterocycles. The Labute approximate surface area is 82.5 Å². The first kappa shape index (κ1) is 10.8. The molecule has 1 N–H and O–H groups in total. The van der Waals surface area contributed by atoms with Crippen LogP contribution in [0.15, 0.2) is 5.16 Å². The lowest BCUT2D eigenvalue weighted by atomic mass is 9.98. The fourth-order valence-corrected chi connectivity index (χ4v) is 3.25. The predicted molar refractivity (Wildman–Crippen MR) is 51.1 cm³/mol. The molecule has 0 aromatic carbocycles. The van der Waals surface area contributed by atoms with E-state index >= 15 is 0 Å². The highest BCUT2D eigenvalue weighted by molar-refractivity contribution is 7.93. The molecule has 1 aliphatic rings. The van der Waals surface area contributed by atoms with Crippen LogP contribution >= 0.6 is 11.6 Å². The highest BCUT2D eigenvalue weighted by atomic mass is 35.5. The van der Waals surface area contributed by atoms with Crippen molar-refractivity contribution >= 4 is 27.1 Å².